The normalized spacial score (nSPS) is 19.2. The Labute approximate surface area is 195 Å². The van der Waals surface area contributed by atoms with Crippen LogP contribution in [0.5, 0.6) is 0 Å². The fraction of sp³-hybridized carbons (Fsp3) is 0.435. The molecule has 5 rings (SSSR count). The third-order valence-electron chi connectivity index (χ3n) is 5.97. The maximum absolute atomic E-state index is 11.7. The highest BCUT2D eigenvalue weighted by Gasteiger charge is 2.35. The fourth-order valence-electron chi connectivity index (χ4n) is 4.41. The summed E-state index contributed by atoms with van der Waals surface area (Å²) in [5.74, 6) is 1.35. The number of aliphatic hydroxyl groups is 1. The number of fused-ring (bicyclic) bond motifs is 3. The Balaban J connectivity index is 1.48. The Morgan fingerprint density at radius 3 is 2.71 bits per heavy atom. The number of aliphatic hydroxyl groups excluding tert-OH is 1. The summed E-state index contributed by atoms with van der Waals surface area (Å²) in [6.45, 7) is 1.69. The predicted octanol–water partition coefficient (Wildman–Crippen LogP) is 2.32. The molecule has 2 N–H and O–H groups in total. The van der Waals surface area contributed by atoms with E-state index in [4.69, 9.17) is 29.8 Å². The number of nitrogens with one attached hydrogen (secondary N) is 1. The van der Waals surface area contributed by atoms with Gasteiger partial charge in [-0.05, 0) is 37.1 Å². The summed E-state index contributed by atoms with van der Waals surface area (Å²) in [5.41, 5.74) is 2.02. The van der Waals surface area contributed by atoms with E-state index in [-0.39, 0.29) is 25.4 Å². The van der Waals surface area contributed by atoms with Crippen molar-refractivity contribution in [3.05, 3.63) is 30.5 Å². The lowest BCUT2D eigenvalue weighted by molar-refractivity contribution is 0.0303. The van der Waals surface area contributed by atoms with Gasteiger partial charge in [0.15, 0.2) is 11.5 Å². The van der Waals surface area contributed by atoms with Crippen molar-refractivity contribution in [3.8, 4) is 17.5 Å². The average Bonchev–Trinajstić information content (AvgIpc) is 3.42. The first-order chi connectivity index (χ1) is 16.6. The van der Waals surface area contributed by atoms with Crippen molar-refractivity contribution in [3.63, 3.8) is 0 Å². The van der Waals surface area contributed by atoms with Gasteiger partial charge in [-0.1, -0.05) is 0 Å². The highest BCUT2D eigenvalue weighted by atomic mass is 16.6. The summed E-state index contributed by atoms with van der Waals surface area (Å²) in [4.78, 5) is 23.7. The molecular weight excluding hydrogens is 438 g/mol. The molecule has 34 heavy (non-hydrogen) atoms. The van der Waals surface area contributed by atoms with Gasteiger partial charge < -0.3 is 19.5 Å². The SMILES string of the molecule is N#CCCn1ncc2c(N3CC4CCC(C3)O4)nc(-c3ccc(NC(=O)OCCO)cc3)nc21. The molecule has 11 heteroatoms. The maximum Gasteiger partial charge on any atom is 0.411 e. The molecule has 0 spiro atoms. The minimum Gasteiger partial charge on any atom is -0.447 e. The Morgan fingerprint density at radius 2 is 2.00 bits per heavy atom. The molecule has 2 unspecified atom stereocenters. The first-order valence-corrected chi connectivity index (χ1v) is 11.3. The third kappa shape index (κ3) is 4.50. The zero-order chi connectivity index (χ0) is 23.5. The predicted molar refractivity (Wildman–Crippen MR) is 123 cm³/mol. The summed E-state index contributed by atoms with van der Waals surface area (Å²) in [6.07, 6.45) is 3.99. The first-order valence-electron chi connectivity index (χ1n) is 11.3. The van der Waals surface area contributed by atoms with Crippen molar-refractivity contribution in [1.29, 1.82) is 5.26 Å². The number of hydrogen-bond donors (Lipinski definition) is 2. The van der Waals surface area contributed by atoms with E-state index in [2.05, 4.69) is 21.4 Å². The maximum atomic E-state index is 11.7. The second-order valence-electron chi connectivity index (χ2n) is 8.31. The number of rotatable bonds is 7. The zero-order valence-corrected chi connectivity index (χ0v) is 18.6. The van der Waals surface area contributed by atoms with E-state index in [1.165, 1.54) is 0 Å². The van der Waals surface area contributed by atoms with Crippen LogP contribution in [0.25, 0.3) is 22.4 Å². The largest absolute Gasteiger partial charge is 0.447 e. The molecule has 2 bridgehead atoms. The molecule has 11 nitrogen and oxygen atoms in total. The summed E-state index contributed by atoms with van der Waals surface area (Å²) in [6, 6.07) is 9.29. The van der Waals surface area contributed by atoms with Crippen molar-refractivity contribution in [2.75, 3.05) is 36.5 Å². The standard InChI is InChI=1S/C23H25N7O4/c24-8-1-9-30-22-19(12-25-30)21(29-13-17-6-7-18(14-29)34-17)27-20(28-22)15-2-4-16(5-3-15)26-23(32)33-11-10-31/h2-5,12,17-18,31H,1,6-7,9-11,13-14H2,(H,26,32). The number of aromatic nitrogens is 4. The van der Waals surface area contributed by atoms with E-state index in [1.807, 2.05) is 12.1 Å². The molecule has 1 aromatic carbocycles. The van der Waals surface area contributed by atoms with Gasteiger partial charge in [0.25, 0.3) is 0 Å². The van der Waals surface area contributed by atoms with Gasteiger partial charge in [-0.15, -0.1) is 0 Å². The molecule has 2 aliphatic rings. The highest BCUT2D eigenvalue weighted by Crippen LogP contribution is 2.33. The molecule has 0 aliphatic carbocycles. The molecule has 1 amide bonds. The number of ether oxygens (including phenoxy) is 2. The van der Waals surface area contributed by atoms with Crippen LogP contribution >= 0.6 is 0 Å². The lowest BCUT2D eigenvalue weighted by Gasteiger charge is -2.33. The Morgan fingerprint density at radius 1 is 1.24 bits per heavy atom. The minimum atomic E-state index is -0.634. The lowest BCUT2D eigenvalue weighted by atomic mass is 10.2. The van der Waals surface area contributed by atoms with Gasteiger partial charge in [-0.2, -0.15) is 10.4 Å². The van der Waals surface area contributed by atoms with Gasteiger partial charge in [0.1, 0.15) is 12.4 Å². The molecule has 2 atom stereocenters. The van der Waals surface area contributed by atoms with E-state index in [1.54, 1.807) is 23.0 Å². The van der Waals surface area contributed by atoms with Gasteiger partial charge in [-0.3, -0.25) is 5.32 Å². The van der Waals surface area contributed by atoms with Crippen LogP contribution in [0.4, 0.5) is 16.3 Å². The van der Waals surface area contributed by atoms with Gasteiger partial charge in [0, 0.05) is 24.3 Å². The fourth-order valence-corrected chi connectivity index (χ4v) is 4.41. The molecule has 2 fully saturated rings. The highest BCUT2D eigenvalue weighted by molar-refractivity contribution is 5.89. The van der Waals surface area contributed by atoms with Crippen molar-refractivity contribution in [2.45, 2.75) is 38.0 Å². The molecule has 0 saturated carbocycles. The number of nitrogens with zero attached hydrogens (tertiary/aromatic N) is 6. The molecule has 176 valence electrons. The smallest absolute Gasteiger partial charge is 0.411 e. The first kappa shape index (κ1) is 22.1. The molecule has 0 radical (unpaired) electrons. The van der Waals surface area contributed by atoms with Gasteiger partial charge in [-0.25, -0.2) is 19.4 Å². The Bertz CT molecular complexity index is 1210. The van der Waals surface area contributed by atoms with Gasteiger partial charge in [0.05, 0.1) is 49.4 Å². The molecular formula is C23H25N7O4. The summed E-state index contributed by atoms with van der Waals surface area (Å²) >= 11 is 0. The number of anilines is 2. The number of hydrogen-bond acceptors (Lipinski definition) is 9. The molecule has 4 heterocycles. The second kappa shape index (κ2) is 9.62. The molecule has 2 aliphatic heterocycles. The van der Waals surface area contributed by atoms with Crippen molar-refractivity contribution in [2.24, 2.45) is 0 Å². The number of benzene rings is 1. The minimum absolute atomic E-state index is 0.0662. The lowest BCUT2D eigenvalue weighted by Crippen LogP contribution is -2.43. The van der Waals surface area contributed by atoms with Gasteiger partial charge in [0.2, 0.25) is 0 Å². The number of morpholine rings is 1. The molecule has 2 saturated heterocycles. The van der Waals surface area contributed by atoms with Crippen molar-refractivity contribution < 1.29 is 19.4 Å². The number of carbonyl (C=O) groups excluding carboxylic acids is 1. The van der Waals surface area contributed by atoms with Crippen LogP contribution in [0.1, 0.15) is 19.3 Å². The molecule has 3 aromatic rings. The van der Waals surface area contributed by atoms with Gasteiger partial charge >= 0.3 is 6.09 Å². The zero-order valence-electron chi connectivity index (χ0n) is 18.6. The van der Waals surface area contributed by atoms with Crippen LogP contribution in [-0.2, 0) is 16.0 Å². The number of carbonyl (C=O) groups is 1. The summed E-state index contributed by atoms with van der Waals surface area (Å²) in [5, 5.41) is 25.7. The van der Waals surface area contributed by atoms with E-state index in [0.717, 1.165) is 42.7 Å². The van der Waals surface area contributed by atoms with Crippen molar-refractivity contribution >= 4 is 28.6 Å². The molecule has 2 aromatic heterocycles. The number of nitriles is 1. The van der Waals surface area contributed by atoms with E-state index in [0.29, 0.717) is 30.1 Å². The monoisotopic (exact) mass is 463 g/mol. The van der Waals surface area contributed by atoms with Crippen molar-refractivity contribution in [1.82, 2.24) is 19.7 Å². The quantitative estimate of drug-likeness (QED) is 0.540. The van der Waals surface area contributed by atoms with E-state index < -0.39 is 6.09 Å². The van der Waals surface area contributed by atoms with Crippen LogP contribution in [0.15, 0.2) is 30.5 Å². The Hall–Kier alpha value is -3.75. The van der Waals surface area contributed by atoms with Crippen LogP contribution in [0.3, 0.4) is 0 Å². The average molecular weight is 463 g/mol. The third-order valence-corrected chi connectivity index (χ3v) is 5.97. The summed E-state index contributed by atoms with van der Waals surface area (Å²) in [7, 11) is 0. The number of aryl methyl sites for hydroxylation is 1. The summed E-state index contributed by atoms with van der Waals surface area (Å²) < 4.78 is 12.6. The van der Waals surface area contributed by atoms with Crippen LogP contribution in [-0.4, -0.2) is 69.5 Å². The number of amides is 1. The Kier molecular flexibility index (Phi) is 6.24. The topological polar surface area (TPSA) is 138 Å². The van der Waals surface area contributed by atoms with Crippen LogP contribution < -0.4 is 10.2 Å². The second-order valence-corrected chi connectivity index (χ2v) is 8.31. The van der Waals surface area contributed by atoms with Crippen LogP contribution in [0, 0.1) is 11.3 Å². The van der Waals surface area contributed by atoms with E-state index >= 15 is 0 Å². The van der Waals surface area contributed by atoms with Crippen LogP contribution in [0.2, 0.25) is 0 Å². The van der Waals surface area contributed by atoms with E-state index in [9.17, 15) is 4.79 Å².